The van der Waals surface area contributed by atoms with Crippen molar-refractivity contribution in [3.63, 3.8) is 0 Å². The zero-order valence-electron chi connectivity index (χ0n) is 32.8. The van der Waals surface area contributed by atoms with Crippen LogP contribution in [0.3, 0.4) is 0 Å². The molecule has 0 bridgehead atoms. The number of hydrogen-bond acceptors (Lipinski definition) is 8. The second-order valence-electron chi connectivity index (χ2n) is 17.7. The van der Waals surface area contributed by atoms with Crippen LogP contribution in [-0.2, 0) is 20.9 Å². The first-order chi connectivity index (χ1) is 26.2. The van der Waals surface area contributed by atoms with Crippen molar-refractivity contribution >= 4 is 34.8 Å². The number of carbonyl (C=O) groups is 3. The van der Waals surface area contributed by atoms with Crippen molar-refractivity contribution in [1.82, 2.24) is 4.98 Å². The van der Waals surface area contributed by atoms with Gasteiger partial charge in [-0.2, -0.15) is 0 Å². The van der Waals surface area contributed by atoms with Crippen LogP contribution in [0.4, 0.5) is 5.69 Å². The number of methoxy groups -OCH3 is 1. The number of anilines is 1. The van der Waals surface area contributed by atoms with E-state index in [1.807, 2.05) is 48.5 Å². The summed E-state index contributed by atoms with van der Waals surface area (Å²) in [7, 11) is 1.37. The first kappa shape index (κ1) is 39.0. The van der Waals surface area contributed by atoms with Crippen LogP contribution >= 0.6 is 0 Å². The number of aliphatic hydroxyl groups excluding tert-OH is 1. The molecule has 0 amide bonds. The number of carbonyl (C=O) groups excluding carboxylic acids is 2. The molecule has 4 aliphatic carbocycles. The Morgan fingerprint density at radius 3 is 2.53 bits per heavy atom. The number of aliphatic hydroxyl groups is 2. The molecular formula is C46H56N2O7. The number of carboxylic acids is 1. The topological polar surface area (TPSA) is 146 Å². The monoisotopic (exact) mass is 748 g/mol. The van der Waals surface area contributed by atoms with Crippen LogP contribution in [-0.4, -0.2) is 57.3 Å². The summed E-state index contributed by atoms with van der Waals surface area (Å²) >= 11 is 0. The van der Waals surface area contributed by atoms with Gasteiger partial charge in [0.05, 0.1) is 30.1 Å². The maximum atomic E-state index is 12.9. The fourth-order valence-electron chi connectivity index (χ4n) is 12.0. The highest BCUT2D eigenvalue weighted by Crippen LogP contribution is 2.69. The standard InChI is InChI=1S/C46H56N2O7/c1-27(10-17-39(51)52)34-15-16-35-41-31(26-49)22-32-24-46(54,21-20-44(32,3)36(41)23-38(50)45(34,35)4)19-18-29-11-13-30(14-12-29)25-47-42-33-8-6-7-9-37(33)48-28(2)40(42)43(53)55-5/h6-9,11-14,26-27,31-32,34-36,38,41,50,54H,10,15-17,20-25H2,1-5H3,(H,47,48)(H,51,52)/t27-,31?,32?,34?,35?,36?,38+,41?,44+,45?,46-/m1/s1. The van der Waals surface area contributed by atoms with Gasteiger partial charge in [-0.1, -0.05) is 62.9 Å². The van der Waals surface area contributed by atoms with Crippen LogP contribution in [0, 0.1) is 71.0 Å². The Balaban J connectivity index is 1.05. The summed E-state index contributed by atoms with van der Waals surface area (Å²) in [5, 5.41) is 37.5. The summed E-state index contributed by atoms with van der Waals surface area (Å²) in [6, 6.07) is 15.6. The molecule has 0 radical (unpaired) electrons. The second kappa shape index (κ2) is 15.0. The van der Waals surface area contributed by atoms with Crippen LogP contribution in [0.2, 0.25) is 0 Å². The molecule has 2 aromatic carbocycles. The number of aromatic nitrogens is 1. The highest BCUT2D eigenvalue weighted by atomic mass is 16.5. The zero-order valence-corrected chi connectivity index (χ0v) is 32.8. The molecular weight excluding hydrogens is 693 g/mol. The van der Waals surface area contributed by atoms with Gasteiger partial charge in [-0.25, -0.2) is 4.79 Å². The number of carboxylic acid groups (broad SMARTS) is 1. The molecule has 4 aliphatic rings. The number of nitrogens with one attached hydrogen (secondary N) is 1. The van der Waals surface area contributed by atoms with Gasteiger partial charge >= 0.3 is 11.9 Å². The third-order valence-electron chi connectivity index (χ3n) is 15.0. The Kier molecular flexibility index (Phi) is 10.6. The van der Waals surface area contributed by atoms with E-state index in [4.69, 9.17) is 4.74 Å². The van der Waals surface area contributed by atoms with Gasteiger partial charge in [0.1, 0.15) is 17.5 Å². The summed E-state index contributed by atoms with van der Waals surface area (Å²) in [4.78, 5) is 41.6. The van der Waals surface area contributed by atoms with E-state index in [0.29, 0.717) is 49.2 Å². The molecule has 292 valence electrons. The molecule has 0 saturated heterocycles. The number of para-hydroxylation sites is 1. The van der Waals surface area contributed by atoms with Crippen LogP contribution in [0.15, 0.2) is 48.5 Å². The number of hydrogen-bond donors (Lipinski definition) is 4. The second-order valence-corrected chi connectivity index (χ2v) is 17.7. The lowest BCUT2D eigenvalue weighted by atomic mass is 9.41. The van der Waals surface area contributed by atoms with Crippen molar-refractivity contribution < 1.29 is 34.4 Å². The quantitative estimate of drug-likeness (QED) is 0.0989. The van der Waals surface area contributed by atoms with Gasteiger partial charge < -0.3 is 30.2 Å². The summed E-state index contributed by atoms with van der Waals surface area (Å²) in [6.45, 7) is 8.96. The third kappa shape index (κ3) is 6.95. The normalized spacial score (nSPS) is 34.3. The van der Waals surface area contributed by atoms with Crippen LogP contribution in [0.25, 0.3) is 10.9 Å². The molecule has 9 nitrogen and oxygen atoms in total. The Hall–Kier alpha value is -4.26. The van der Waals surface area contributed by atoms with Gasteiger partial charge in [0.2, 0.25) is 0 Å². The van der Waals surface area contributed by atoms with Gasteiger partial charge in [0, 0.05) is 29.8 Å². The van der Waals surface area contributed by atoms with E-state index in [-0.39, 0.29) is 58.7 Å². The minimum atomic E-state index is -1.17. The number of aldehydes is 1. The average molecular weight is 749 g/mol. The number of ether oxygens (including phenoxy) is 1. The molecule has 1 heterocycles. The molecule has 7 unspecified atom stereocenters. The van der Waals surface area contributed by atoms with Crippen molar-refractivity contribution in [2.45, 2.75) is 104 Å². The summed E-state index contributed by atoms with van der Waals surface area (Å²) < 4.78 is 5.08. The number of aliphatic carboxylic acids is 1. The highest BCUT2D eigenvalue weighted by Gasteiger charge is 2.66. The molecule has 4 saturated carbocycles. The van der Waals surface area contributed by atoms with Gasteiger partial charge in [-0.3, -0.25) is 9.78 Å². The molecule has 4 N–H and O–H groups in total. The van der Waals surface area contributed by atoms with E-state index in [0.717, 1.165) is 54.0 Å². The maximum Gasteiger partial charge on any atom is 0.341 e. The summed E-state index contributed by atoms with van der Waals surface area (Å²) in [5.41, 5.74) is 2.65. The molecule has 0 spiro atoms. The number of nitrogens with zero attached hydrogens (tertiary/aromatic N) is 1. The van der Waals surface area contributed by atoms with E-state index in [1.54, 1.807) is 6.92 Å². The SMILES string of the molecule is COC(=O)c1c(C)nc2ccccc2c1NCc1ccc(C#C[C@@]2(O)CC[C@@]3(C)C(CC(C=O)C4C5CCC([C@H](C)CCC(=O)O)C5(C)[C@@H](O)CC43)C2)cc1. The molecule has 0 aliphatic heterocycles. The van der Waals surface area contributed by atoms with Crippen molar-refractivity contribution in [3.8, 4) is 11.8 Å². The highest BCUT2D eigenvalue weighted by molar-refractivity contribution is 6.06. The first-order valence-electron chi connectivity index (χ1n) is 20.1. The maximum absolute atomic E-state index is 12.9. The lowest BCUT2D eigenvalue weighted by Gasteiger charge is -2.64. The van der Waals surface area contributed by atoms with E-state index < -0.39 is 23.6 Å². The third-order valence-corrected chi connectivity index (χ3v) is 15.0. The van der Waals surface area contributed by atoms with Gasteiger partial charge in [-0.15, -0.1) is 0 Å². The van der Waals surface area contributed by atoms with Gasteiger partial charge in [0.25, 0.3) is 0 Å². The summed E-state index contributed by atoms with van der Waals surface area (Å²) in [6.07, 6.45) is 6.48. The number of esters is 1. The molecule has 11 atom stereocenters. The molecule has 3 aromatic rings. The van der Waals surface area contributed by atoms with Gasteiger partial charge in [-0.05, 0) is 128 Å². The van der Waals surface area contributed by atoms with Crippen molar-refractivity contribution in [2.75, 3.05) is 12.4 Å². The van der Waals surface area contributed by atoms with E-state index in [9.17, 15) is 29.7 Å². The first-order valence-corrected chi connectivity index (χ1v) is 20.1. The minimum Gasteiger partial charge on any atom is -0.481 e. The smallest absolute Gasteiger partial charge is 0.341 e. The van der Waals surface area contributed by atoms with Crippen molar-refractivity contribution in [3.05, 3.63) is 70.9 Å². The fourth-order valence-corrected chi connectivity index (χ4v) is 12.0. The molecule has 1 aromatic heterocycles. The van der Waals surface area contributed by atoms with E-state index >= 15 is 0 Å². The largest absolute Gasteiger partial charge is 0.481 e. The molecule has 9 heteroatoms. The van der Waals surface area contributed by atoms with Crippen molar-refractivity contribution in [1.29, 1.82) is 0 Å². The van der Waals surface area contributed by atoms with E-state index in [1.165, 1.54) is 7.11 Å². The molecule has 55 heavy (non-hydrogen) atoms. The van der Waals surface area contributed by atoms with Crippen LogP contribution in [0.1, 0.15) is 106 Å². The Labute approximate surface area is 324 Å². The Morgan fingerprint density at radius 2 is 1.82 bits per heavy atom. The minimum absolute atomic E-state index is 0.108. The summed E-state index contributed by atoms with van der Waals surface area (Å²) in [5.74, 6) is 6.23. The number of pyridine rings is 1. The molecule has 7 rings (SSSR count). The lowest BCUT2D eigenvalue weighted by molar-refractivity contribution is -0.195. The average Bonchev–Trinajstić information content (AvgIpc) is 3.54. The van der Waals surface area contributed by atoms with Crippen LogP contribution in [0.5, 0.6) is 0 Å². The Bertz CT molecular complexity index is 2020. The zero-order chi connectivity index (χ0) is 39.3. The number of rotatable bonds is 9. The van der Waals surface area contributed by atoms with E-state index in [2.05, 4.69) is 42.9 Å². The predicted molar refractivity (Wildman–Crippen MR) is 211 cm³/mol. The number of benzene rings is 2. The Morgan fingerprint density at radius 1 is 1.07 bits per heavy atom. The fraction of sp³-hybridized carbons (Fsp3) is 0.565. The number of fused-ring (bicyclic) bond motifs is 6. The van der Waals surface area contributed by atoms with Crippen LogP contribution < -0.4 is 5.32 Å². The van der Waals surface area contributed by atoms with Crippen molar-refractivity contribution in [2.24, 2.45) is 52.3 Å². The predicted octanol–water partition coefficient (Wildman–Crippen LogP) is 7.58. The van der Waals surface area contributed by atoms with Gasteiger partial charge in [0.15, 0.2) is 0 Å². The lowest BCUT2D eigenvalue weighted by Crippen LogP contribution is -2.62. The molecule has 4 fully saturated rings. The number of aryl methyl sites for hydroxylation is 1.